The third-order valence-electron chi connectivity index (χ3n) is 6.03. The molecule has 0 amide bonds. The monoisotopic (exact) mass is 490 g/mol. The van der Waals surface area contributed by atoms with E-state index in [0.717, 1.165) is 12.0 Å². The van der Waals surface area contributed by atoms with Gasteiger partial charge in [-0.1, -0.05) is 81.0 Å². The number of hydrogen-bond donors (Lipinski definition) is 1. The Morgan fingerprint density at radius 2 is 1.89 bits per heavy atom. The van der Waals surface area contributed by atoms with Gasteiger partial charge in [0, 0.05) is 5.56 Å². The van der Waals surface area contributed by atoms with E-state index in [2.05, 4.69) is 13.8 Å². The van der Waals surface area contributed by atoms with E-state index in [0.29, 0.717) is 38.5 Å². The number of fused-ring (bicyclic) bond motifs is 1. The molecule has 1 aliphatic rings. The highest BCUT2D eigenvalue weighted by atomic mass is 32.1. The van der Waals surface area contributed by atoms with Crippen LogP contribution in [-0.2, 0) is 9.53 Å². The third-order valence-corrected chi connectivity index (χ3v) is 7.02. The summed E-state index contributed by atoms with van der Waals surface area (Å²) in [5.74, 6) is 0.00553. The number of aromatic hydroxyl groups is 1. The molecule has 2 heterocycles. The van der Waals surface area contributed by atoms with Crippen LogP contribution in [0.2, 0.25) is 0 Å². The fraction of sp³-hybridized carbons (Fsp3) is 0.321. The van der Waals surface area contributed by atoms with Crippen LogP contribution >= 0.6 is 11.3 Å². The number of para-hydroxylation sites is 1. The molecule has 6 nitrogen and oxygen atoms in total. The van der Waals surface area contributed by atoms with Crippen molar-refractivity contribution in [3.8, 4) is 5.75 Å². The van der Waals surface area contributed by atoms with Crippen molar-refractivity contribution in [3.05, 3.63) is 96.2 Å². The number of carbonyl (C=O) groups is 1. The van der Waals surface area contributed by atoms with Gasteiger partial charge in [-0.25, -0.2) is 9.79 Å². The van der Waals surface area contributed by atoms with Gasteiger partial charge < -0.3 is 9.84 Å². The molecule has 0 aliphatic carbocycles. The van der Waals surface area contributed by atoms with Crippen molar-refractivity contribution in [1.29, 1.82) is 0 Å². The summed E-state index contributed by atoms with van der Waals surface area (Å²) in [4.78, 5) is 32.2. The lowest BCUT2D eigenvalue weighted by molar-refractivity contribution is -0.139. The molecule has 1 atom stereocenters. The Morgan fingerprint density at radius 1 is 1.17 bits per heavy atom. The van der Waals surface area contributed by atoms with E-state index in [1.807, 2.05) is 31.2 Å². The molecule has 1 aromatic heterocycles. The standard InChI is InChI=1S/C28H30N2O4S/c1-5-9-21-24(27(33)34-6-2)25(19-14-12-18(13-15-19)17(3)4)30-26(32)23(35-28(30)29-21)16-20-10-7-8-11-22(20)31/h7-8,10-17,25,31H,5-6,9H2,1-4H3/b23-16+/t25-/m1/s1. The lowest BCUT2D eigenvalue weighted by atomic mass is 9.92. The molecule has 3 aromatic rings. The quantitative estimate of drug-likeness (QED) is 0.498. The van der Waals surface area contributed by atoms with E-state index in [9.17, 15) is 14.7 Å². The first-order chi connectivity index (χ1) is 16.8. The predicted octanol–water partition coefficient (Wildman–Crippen LogP) is 4.41. The number of carbonyl (C=O) groups excluding carboxylic acids is 1. The summed E-state index contributed by atoms with van der Waals surface area (Å²) in [7, 11) is 0. The Hall–Kier alpha value is -3.45. The fourth-order valence-electron chi connectivity index (χ4n) is 4.25. The van der Waals surface area contributed by atoms with Crippen LogP contribution < -0.4 is 14.9 Å². The zero-order valence-electron chi connectivity index (χ0n) is 20.4. The van der Waals surface area contributed by atoms with Gasteiger partial charge in [-0.05, 0) is 42.5 Å². The van der Waals surface area contributed by atoms with E-state index in [4.69, 9.17) is 9.73 Å². The normalized spacial score (nSPS) is 15.8. The first-order valence-electron chi connectivity index (χ1n) is 12.0. The van der Waals surface area contributed by atoms with E-state index in [1.165, 1.54) is 16.9 Å². The highest BCUT2D eigenvalue weighted by Gasteiger charge is 2.34. The van der Waals surface area contributed by atoms with Crippen molar-refractivity contribution in [3.63, 3.8) is 0 Å². The largest absolute Gasteiger partial charge is 0.507 e. The zero-order chi connectivity index (χ0) is 25.1. The van der Waals surface area contributed by atoms with Crippen molar-refractivity contribution < 1.29 is 14.6 Å². The van der Waals surface area contributed by atoms with Crippen molar-refractivity contribution in [2.45, 2.75) is 52.5 Å². The van der Waals surface area contributed by atoms with Crippen molar-refractivity contribution in [2.75, 3.05) is 6.61 Å². The van der Waals surface area contributed by atoms with Crippen LogP contribution in [0.1, 0.15) is 69.2 Å². The predicted molar refractivity (Wildman–Crippen MR) is 138 cm³/mol. The average molecular weight is 491 g/mol. The molecular formula is C28H30N2O4S. The molecule has 0 bridgehead atoms. The summed E-state index contributed by atoms with van der Waals surface area (Å²) >= 11 is 1.26. The number of nitrogens with zero attached hydrogens (tertiary/aromatic N) is 2. The summed E-state index contributed by atoms with van der Waals surface area (Å²) in [6, 6.07) is 14.3. The maximum atomic E-state index is 13.7. The first kappa shape index (κ1) is 24.7. The maximum Gasteiger partial charge on any atom is 0.338 e. The highest BCUT2D eigenvalue weighted by Crippen LogP contribution is 2.33. The van der Waals surface area contributed by atoms with Crippen LogP contribution in [0, 0.1) is 0 Å². The summed E-state index contributed by atoms with van der Waals surface area (Å²) in [5.41, 5.74) is 3.36. The van der Waals surface area contributed by atoms with Gasteiger partial charge in [0.2, 0.25) is 0 Å². The number of esters is 1. The number of hydrogen-bond acceptors (Lipinski definition) is 6. The molecule has 4 rings (SSSR count). The number of allylic oxidation sites excluding steroid dienone is 1. The third kappa shape index (κ3) is 4.86. The van der Waals surface area contributed by atoms with Crippen LogP contribution in [0.3, 0.4) is 0 Å². The van der Waals surface area contributed by atoms with Gasteiger partial charge in [0.1, 0.15) is 5.75 Å². The Morgan fingerprint density at radius 3 is 2.51 bits per heavy atom. The lowest BCUT2D eigenvalue weighted by Gasteiger charge is -2.26. The van der Waals surface area contributed by atoms with Gasteiger partial charge in [0.25, 0.3) is 5.56 Å². The fourth-order valence-corrected chi connectivity index (χ4v) is 5.26. The summed E-state index contributed by atoms with van der Waals surface area (Å²) in [6.45, 7) is 8.29. The Kier molecular flexibility index (Phi) is 7.36. The highest BCUT2D eigenvalue weighted by molar-refractivity contribution is 7.07. The summed E-state index contributed by atoms with van der Waals surface area (Å²) in [6.07, 6.45) is 3.07. The zero-order valence-corrected chi connectivity index (χ0v) is 21.3. The minimum absolute atomic E-state index is 0.0954. The molecule has 2 aromatic carbocycles. The van der Waals surface area contributed by atoms with Gasteiger partial charge in [-0.3, -0.25) is 9.36 Å². The van der Waals surface area contributed by atoms with Gasteiger partial charge in [0.15, 0.2) is 4.80 Å². The molecule has 0 spiro atoms. The van der Waals surface area contributed by atoms with Crippen molar-refractivity contribution in [1.82, 2.24) is 4.57 Å². The van der Waals surface area contributed by atoms with Gasteiger partial charge in [-0.2, -0.15) is 0 Å². The number of phenols is 1. The van der Waals surface area contributed by atoms with E-state index in [1.54, 1.807) is 41.8 Å². The number of rotatable bonds is 7. The van der Waals surface area contributed by atoms with Crippen LogP contribution in [0.5, 0.6) is 5.75 Å². The van der Waals surface area contributed by atoms with Crippen molar-refractivity contribution >= 4 is 23.4 Å². The molecule has 7 heteroatoms. The smallest absolute Gasteiger partial charge is 0.338 e. The van der Waals surface area contributed by atoms with E-state index >= 15 is 0 Å². The van der Waals surface area contributed by atoms with Crippen LogP contribution in [0.15, 0.2) is 69.6 Å². The van der Waals surface area contributed by atoms with E-state index in [-0.39, 0.29) is 17.9 Å². The SMILES string of the molecule is CCCC1=C(C(=O)OCC)[C@@H](c2ccc(C(C)C)cc2)n2c(s/c(=C/c3ccccc3O)c2=O)=N1. The Bertz CT molecular complexity index is 1450. The molecule has 1 aliphatic heterocycles. The molecule has 182 valence electrons. The number of benzene rings is 2. The molecule has 0 radical (unpaired) electrons. The Balaban J connectivity index is 1.99. The van der Waals surface area contributed by atoms with Gasteiger partial charge in [-0.15, -0.1) is 0 Å². The summed E-state index contributed by atoms with van der Waals surface area (Å²) < 4.78 is 7.46. The minimum atomic E-state index is -0.639. The Labute approximate surface area is 208 Å². The topological polar surface area (TPSA) is 80.9 Å². The van der Waals surface area contributed by atoms with Gasteiger partial charge >= 0.3 is 5.97 Å². The van der Waals surface area contributed by atoms with E-state index < -0.39 is 12.0 Å². The average Bonchev–Trinajstić information content (AvgIpc) is 3.14. The number of phenolic OH excluding ortho intramolecular Hbond substituents is 1. The van der Waals surface area contributed by atoms with Crippen molar-refractivity contribution in [2.24, 2.45) is 4.99 Å². The van der Waals surface area contributed by atoms with Gasteiger partial charge in [0.05, 0.1) is 28.5 Å². The summed E-state index contributed by atoms with van der Waals surface area (Å²) in [5, 5.41) is 10.2. The minimum Gasteiger partial charge on any atom is -0.507 e. The molecule has 0 saturated carbocycles. The molecule has 35 heavy (non-hydrogen) atoms. The second-order valence-electron chi connectivity index (χ2n) is 8.79. The molecule has 1 N–H and O–H groups in total. The molecule has 0 fully saturated rings. The van der Waals surface area contributed by atoms with Crippen LogP contribution in [0.4, 0.5) is 0 Å². The second kappa shape index (κ2) is 10.4. The number of ether oxygens (including phenoxy) is 1. The number of aromatic nitrogens is 1. The van der Waals surface area contributed by atoms with Crippen LogP contribution in [-0.4, -0.2) is 22.2 Å². The molecular weight excluding hydrogens is 460 g/mol. The molecule has 0 unspecified atom stereocenters. The van der Waals surface area contributed by atoms with Crippen LogP contribution in [0.25, 0.3) is 6.08 Å². The maximum absolute atomic E-state index is 13.7. The first-order valence-corrected chi connectivity index (χ1v) is 12.8. The molecule has 0 saturated heterocycles. The second-order valence-corrected chi connectivity index (χ2v) is 9.80. The number of thiazole rings is 1. The lowest BCUT2D eigenvalue weighted by Crippen LogP contribution is -2.40.